The van der Waals surface area contributed by atoms with Gasteiger partial charge in [-0.15, -0.1) is 5.10 Å². The van der Waals surface area contributed by atoms with Crippen molar-refractivity contribution in [1.29, 1.82) is 0 Å². The van der Waals surface area contributed by atoms with Crippen molar-refractivity contribution in [2.75, 3.05) is 24.6 Å². The van der Waals surface area contributed by atoms with Crippen LogP contribution in [0.2, 0.25) is 0 Å². The van der Waals surface area contributed by atoms with E-state index < -0.39 is 5.97 Å². The van der Waals surface area contributed by atoms with Crippen LogP contribution >= 0.6 is 0 Å². The highest BCUT2D eigenvalue weighted by molar-refractivity contribution is 5.86. The Kier molecular flexibility index (Phi) is 5.29. The van der Waals surface area contributed by atoms with E-state index in [9.17, 15) is 4.79 Å². The summed E-state index contributed by atoms with van der Waals surface area (Å²) in [6, 6.07) is 12.5. The lowest BCUT2D eigenvalue weighted by Crippen LogP contribution is -2.28. The van der Waals surface area contributed by atoms with E-state index in [1.165, 1.54) is 5.56 Å². The predicted molar refractivity (Wildman–Crippen MR) is 112 cm³/mol. The molecule has 1 aliphatic heterocycles. The van der Waals surface area contributed by atoms with Gasteiger partial charge in [0.1, 0.15) is 0 Å². The SMILES string of the molecule is CCOC(=O)c1nc2c(CN=[N+]=[N-])cc(N3CC[C@](C)(c4ccccc4)C3)cn2n1. The zero-order chi connectivity index (χ0) is 21.1. The number of nitrogens with zero attached hydrogens (tertiary/aromatic N) is 7. The maximum absolute atomic E-state index is 12.1. The van der Waals surface area contributed by atoms with Crippen LogP contribution in [0.3, 0.4) is 0 Å². The predicted octanol–water partition coefficient (Wildman–Crippen LogP) is 3.88. The van der Waals surface area contributed by atoms with Crippen molar-refractivity contribution in [2.24, 2.45) is 5.11 Å². The molecule has 0 radical (unpaired) electrons. The fourth-order valence-electron chi connectivity index (χ4n) is 3.97. The zero-order valence-electron chi connectivity index (χ0n) is 17.0. The Morgan fingerprint density at radius 2 is 2.17 bits per heavy atom. The molecular formula is C21H23N7O2. The number of rotatable bonds is 6. The van der Waals surface area contributed by atoms with Crippen molar-refractivity contribution in [3.63, 3.8) is 0 Å². The average molecular weight is 405 g/mol. The number of hydrogen-bond donors (Lipinski definition) is 0. The summed E-state index contributed by atoms with van der Waals surface area (Å²) in [7, 11) is 0. The van der Waals surface area contributed by atoms with E-state index in [2.05, 4.69) is 56.2 Å². The van der Waals surface area contributed by atoms with Gasteiger partial charge in [-0.1, -0.05) is 42.4 Å². The van der Waals surface area contributed by atoms with Crippen molar-refractivity contribution >= 4 is 17.3 Å². The number of hydrogen-bond acceptors (Lipinski definition) is 6. The van der Waals surface area contributed by atoms with E-state index in [0.29, 0.717) is 11.2 Å². The summed E-state index contributed by atoms with van der Waals surface area (Å²) in [5, 5.41) is 7.99. The van der Waals surface area contributed by atoms with Crippen molar-refractivity contribution < 1.29 is 9.53 Å². The number of carbonyl (C=O) groups is 1. The molecule has 1 aromatic carbocycles. The van der Waals surface area contributed by atoms with Gasteiger partial charge in [-0.25, -0.2) is 14.3 Å². The minimum absolute atomic E-state index is 0.00765. The summed E-state index contributed by atoms with van der Waals surface area (Å²) in [4.78, 5) is 21.5. The molecule has 30 heavy (non-hydrogen) atoms. The normalized spacial score (nSPS) is 18.4. The Bertz CT molecular complexity index is 1120. The molecule has 3 aromatic rings. The summed E-state index contributed by atoms with van der Waals surface area (Å²) in [6.45, 7) is 6.11. The van der Waals surface area contributed by atoms with Gasteiger partial charge in [0.2, 0.25) is 0 Å². The maximum Gasteiger partial charge on any atom is 0.378 e. The van der Waals surface area contributed by atoms with Crippen LogP contribution in [0.25, 0.3) is 16.1 Å². The number of azide groups is 1. The molecular weight excluding hydrogens is 382 g/mol. The minimum Gasteiger partial charge on any atom is -0.460 e. The molecule has 0 bridgehead atoms. The molecule has 2 aromatic heterocycles. The van der Waals surface area contributed by atoms with Crippen LogP contribution in [-0.4, -0.2) is 40.3 Å². The zero-order valence-corrected chi connectivity index (χ0v) is 17.0. The monoisotopic (exact) mass is 405 g/mol. The molecule has 4 rings (SSSR count). The lowest BCUT2D eigenvalue weighted by molar-refractivity contribution is 0.0512. The molecule has 0 N–H and O–H groups in total. The molecule has 1 atom stereocenters. The molecule has 154 valence electrons. The summed E-state index contributed by atoms with van der Waals surface area (Å²) < 4.78 is 6.59. The van der Waals surface area contributed by atoms with Gasteiger partial charge in [0.15, 0.2) is 5.65 Å². The first-order chi connectivity index (χ1) is 14.5. The van der Waals surface area contributed by atoms with E-state index in [-0.39, 0.29) is 24.4 Å². The van der Waals surface area contributed by atoms with Crippen LogP contribution in [0, 0.1) is 0 Å². The molecule has 0 aliphatic carbocycles. The van der Waals surface area contributed by atoms with Crippen molar-refractivity contribution in [3.05, 3.63) is 70.0 Å². The maximum atomic E-state index is 12.1. The van der Waals surface area contributed by atoms with Crippen LogP contribution in [0.4, 0.5) is 5.69 Å². The highest BCUT2D eigenvalue weighted by Crippen LogP contribution is 2.36. The second kappa shape index (κ2) is 8.04. The molecule has 0 saturated carbocycles. The molecule has 1 aliphatic rings. The van der Waals surface area contributed by atoms with Gasteiger partial charge in [0, 0.05) is 29.0 Å². The number of aromatic nitrogens is 3. The van der Waals surface area contributed by atoms with Crippen molar-refractivity contribution in [1.82, 2.24) is 14.6 Å². The van der Waals surface area contributed by atoms with Gasteiger partial charge in [-0.3, -0.25) is 0 Å². The molecule has 9 heteroatoms. The van der Waals surface area contributed by atoms with Gasteiger partial charge >= 0.3 is 5.97 Å². The highest BCUT2D eigenvalue weighted by atomic mass is 16.5. The fourth-order valence-corrected chi connectivity index (χ4v) is 3.97. The standard InChI is InChI=1S/C21H23N7O2/c1-3-30-20(29)18-24-19-15(12-23-26-22)11-17(13-28(19)25-18)27-10-9-21(2,14-27)16-7-5-4-6-8-16/h4-8,11,13H,3,9-10,12,14H2,1-2H3/t21-/m0/s1. The smallest absolute Gasteiger partial charge is 0.378 e. The quantitative estimate of drug-likeness (QED) is 0.268. The Morgan fingerprint density at radius 1 is 1.37 bits per heavy atom. The van der Waals surface area contributed by atoms with Crippen molar-refractivity contribution in [3.8, 4) is 0 Å². The number of benzene rings is 1. The van der Waals surface area contributed by atoms with Gasteiger partial charge < -0.3 is 9.64 Å². The number of esters is 1. The fraction of sp³-hybridized carbons (Fsp3) is 0.381. The van der Waals surface area contributed by atoms with E-state index in [4.69, 9.17) is 10.3 Å². The van der Waals surface area contributed by atoms with E-state index in [0.717, 1.165) is 25.2 Å². The summed E-state index contributed by atoms with van der Waals surface area (Å²) >= 11 is 0. The third-order valence-corrected chi connectivity index (χ3v) is 5.57. The van der Waals surface area contributed by atoms with Gasteiger partial charge in [0.25, 0.3) is 5.82 Å². The van der Waals surface area contributed by atoms with Crippen LogP contribution in [-0.2, 0) is 16.7 Å². The molecule has 0 unspecified atom stereocenters. The topological polar surface area (TPSA) is 108 Å². The Labute approximate surface area is 173 Å². The van der Waals surface area contributed by atoms with Crippen LogP contribution in [0.15, 0.2) is 47.7 Å². The number of carbonyl (C=O) groups excluding carboxylic acids is 1. The van der Waals surface area contributed by atoms with Crippen LogP contribution in [0.5, 0.6) is 0 Å². The van der Waals surface area contributed by atoms with Crippen LogP contribution < -0.4 is 4.90 Å². The van der Waals surface area contributed by atoms with E-state index in [1.54, 1.807) is 11.4 Å². The Hall–Kier alpha value is -3.58. The summed E-state index contributed by atoms with van der Waals surface area (Å²) in [5.41, 5.74) is 12.3. The summed E-state index contributed by atoms with van der Waals surface area (Å²) in [6.07, 6.45) is 2.88. The van der Waals surface area contributed by atoms with Crippen LogP contribution in [0.1, 0.15) is 42.0 Å². The Balaban J connectivity index is 1.70. The first kappa shape index (κ1) is 19.7. The lowest BCUT2D eigenvalue weighted by Gasteiger charge is -2.26. The molecule has 0 amide bonds. The number of fused-ring (bicyclic) bond motifs is 1. The molecule has 1 fully saturated rings. The minimum atomic E-state index is -0.574. The average Bonchev–Trinajstić information content (AvgIpc) is 3.37. The van der Waals surface area contributed by atoms with E-state index in [1.807, 2.05) is 18.3 Å². The number of anilines is 1. The van der Waals surface area contributed by atoms with Gasteiger partial charge in [-0.05, 0) is 30.5 Å². The second-order valence-corrected chi connectivity index (χ2v) is 7.63. The summed E-state index contributed by atoms with van der Waals surface area (Å²) in [5.74, 6) is -0.581. The number of pyridine rings is 1. The molecule has 1 saturated heterocycles. The highest BCUT2D eigenvalue weighted by Gasteiger charge is 2.35. The lowest BCUT2D eigenvalue weighted by atomic mass is 9.82. The van der Waals surface area contributed by atoms with E-state index >= 15 is 0 Å². The van der Waals surface area contributed by atoms with Crippen molar-refractivity contribution in [2.45, 2.75) is 32.2 Å². The van der Waals surface area contributed by atoms with Gasteiger partial charge in [-0.2, -0.15) is 0 Å². The number of ether oxygens (including phenoxy) is 1. The molecule has 0 spiro atoms. The molecule has 9 nitrogen and oxygen atoms in total. The first-order valence-corrected chi connectivity index (χ1v) is 9.92. The third kappa shape index (κ3) is 3.67. The Morgan fingerprint density at radius 3 is 2.90 bits per heavy atom. The third-order valence-electron chi connectivity index (χ3n) is 5.57. The second-order valence-electron chi connectivity index (χ2n) is 7.63. The first-order valence-electron chi connectivity index (χ1n) is 9.92. The largest absolute Gasteiger partial charge is 0.460 e. The van der Waals surface area contributed by atoms with Gasteiger partial charge in [0.05, 0.1) is 25.0 Å². The molecule has 3 heterocycles.